The summed E-state index contributed by atoms with van der Waals surface area (Å²) < 4.78 is 10.2. The number of benzene rings is 1. The number of hydrogen-bond donors (Lipinski definition) is 1. The van der Waals surface area contributed by atoms with Crippen molar-refractivity contribution in [2.75, 3.05) is 37.8 Å². The number of carbonyl (C=O) groups excluding carboxylic acids is 2. The third kappa shape index (κ3) is 4.86. The van der Waals surface area contributed by atoms with E-state index in [1.165, 1.54) is 19.1 Å². The van der Waals surface area contributed by atoms with Gasteiger partial charge in [-0.2, -0.15) is 5.26 Å². The number of nitriles is 1. The fraction of sp³-hybridized carbons (Fsp3) is 0.412. The number of esters is 1. The Morgan fingerprint density at radius 3 is 2.67 bits per heavy atom. The highest BCUT2D eigenvalue weighted by Gasteiger charge is 2.25. The van der Waals surface area contributed by atoms with E-state index in [4.69, 9.17) is 20.1 Å². The van der Waals surface area contributed by atoms with Crippen LogP contribution in [0.2, 0.25) is 0 Å². The Balaban J connectivity index is 2.23. The predicted octanol–water partition coefficient (Wildman–Crippen LogP) is 1.34. The molecule has 1 unspecified atom stereocenters. The minimum Gasteiger partial charge on any atom is -0.454 e. The standard InChI is InChI=1S/C17H18N4O6/c1-11(19)14(9-18)16(22)10-27-17(23)13-8-12(21(24)25)2-3-15(13)20-4-6-26-7-5-20/h2-3,8,14,19H,4-7,10H2,1H3. The zero-order valence-electron chi connectivity index (χ0n) is 14.6. The Morgan fingerprint density at radius 2 is 2.11 bits per heavy atom. The molecule has 0 radical (unpaired) electrons. The molecule has 10 heteroatoms. The van der Waals surface area contributed by atoms with Crippen molar-refractivity contribution in [1.82, 2.24) is 0 Å². The van der Waals surface area contributed by atoms with Crippen molar-refractivity contribution in [2.24, 2.45) is 5.92 Å². The molecular formula is C17H18N4O6. The molecule has 0 aromatic heterocycles. The molecule has 1 atom stereocenters. The maximum atomic E-state index is 12.5. The van der Waals surface area contributed by atoms with Gasteiger partial charge < -0.3 is 19.8 Å². The minimum atomic E-state index is -1.29. The van der Waals surface area contributed by atoms with Crippen molar-refractivity contribution < 1.29 is 24.0 Å². The number of carbonyl (C=O) groups is 2. The van der Waals surface area contributed by atoms with E-state index in [1.807, 2.05) is 4.90 Å². The van der Waals surface area contributed by atoms with E-state index in [2.05, 4.69) is 0 Å². The van der Waals surface area contributed by atoms with Crippen LogP contribution in [0.1, 0.15) is 17.3 Å². The second-order valence-electron chi connectivity index (χ2n) is 5.85. The maximum absolute atomic E-state index is 12.5. The molecule has 2 rings (SSSR count). The molecule has 0 aliphatic carbocycles. The smallest absolute Gasteiger partial charge is 0.340 e. The van der Waals surface area contributed by atoms with Crippen LogP contribution in [-0.4, -0.2) is 55.3 Å². The number of ether oxygens (including phenoxy) is 2. The van der Waals surface area contributed by atoms with Gasteiger partial charge in [-0.3, -0.25) is 14.9 Å². The highest BCUT2D eigenvalue weighted by atomic mass is 16.6. The van der Waals surface area contributed by atoms with E-state index in [0.29, 0.717) is 32.0 Å². The van der Waals surface area contributed by atoms with Crippen LogP contribution in [0.5, 0.6) is 0 Å². The number of morpholine rings is 1. The summed E-state index contributed by atoms with van der Waals surface area (Å²) in [6.07, 6.45) is 0. The van der Waals surface area contributed by atoms with E-state index in [-0.39, 0.29) is 17.0 Å². The molecule has 1 aliphatic heterocycles. The molecule has 1 aromatic carbocycles. The number of anilines is 1. The van der Waals surface area contributed by atoms with Crippen LogP contribution < -0.4 is 4.90 Å². The summed E-state index contributed by atoms with van der Waals surface area (Å²) in [5, 5.41) is 27.4. The summed E-state index contributed by atoms with van der Waals surface area (Å²) >= 11 is 0. The van der Waals surface area contributed by atoms with Gasteiger partial charge in [0.25, 0.3) is 5.69 Å². The monoisotopic (exact) mass is 374 g/mol. The van der Waals surface area contributed by atoms with Gasteiger partial charge in [0.1, 0.15) is 5.92 Å². The Morgan fingerprint density at radius 1 is 1.44 bits per heavy atom. The second-order valence-corrected chi connectivity index (χ2v) is 5.85. The van der Waals surface area contributed by atoms with Crippen LogP contribution in [0.25, 0.3) is 0 Å². The van der Waals surface area contributed by atoms with E-state index in [1.54, 1.807) is 6.07 Å². The first-order valence-electron chi connectivity index (χ1n) is 8.10. The van der Waals surface area contributed by atoms with Crippen LogP contribution in [0.15, 0.2) is 18.2 Å². The van der Waals surface area contributed by atoms with E-state index < -0.39 is 29.2 Å². The highest BCUT2D eigenvalue weighted by Crippen LogP contribution is 2.27. The van der Waals surface area contributed by atoms with Gasteiger partial charge in [0.05, 0.1) is 35.5 Å². The zero-order chi connectivity index (χ0) is 20.0. The predicted molar refractivity (Wildman–Crippen MR) is 93.9 cm³/mol. The summed E-state index contributed by atoms with van der Waals surface area (Å²) in [5.41, 5.74) is -0.0289. The molecule has 0 spiro atoms. The number of nitrogens with zero attached hydrogens (tertiary/aromatic N) is 3. The molecule has 142 valence electrons. The highest BCUT2D eigenvalue weighted by molar-refractivity contribution is 6.06. The lowest BCUT2D eigenvalue weighted by atomic mass is 10.0. The molecule has 1 saturated heterocycles. The van der Waals surface area contributed by atoms with Gasteiger partial charge in [-0.05, 0) is 13.0 Å². The summed E-state index contributed by atoms with van der Waals surface area (Å²) in [5.74, 6) is -2.92. The summed E-state index contributed by atoms with van der Waals surface area (Å²) in [6.45, 7) is 2.52. The number of hydrogen-bond acceptors (Lipinski definition) is 9. The average Bonchev–Trinajstić information content (AvgIpc) is 2.66. The van der Waals surface area contributed by atoms with E-state index >= 15 is 0 Å². The van der Waals surface area contributed by atoms with Crippen molar-refractivity contribution in [1.29, 1.82) is 10.7 Å². The van der Waals surface area contributed by atoms with E-state index in [0.717, 1.165) is 6.07 Å². The Bertz CT molecular complexity index is 810. The van der Waals surface area contributed by atoms with Crippen LogP contribution >= 0.6 is 0 Å². The Labute approximate surface area is 154 Å². The molecule has 10 nitrogen and oxygen atoms in total. The first kappa shape index (κ1) is 20.0. The Kier molecular flexibility index (Phi) is 6.56. The van der Waals surface area contributed by atoms with E-state index in [9.17, 15) is 19.7 Å². The van der Waals surface area contributed by atoms with Crippen molar-refractivity contribution >= 4 is 28.8 Å². The first-order valence-corrected chi connectivity index (χ1v) is 8.10. The van der Waals surface area contributed by atoms with Gasteiger partial charge in [-0.25, -0.2) is 4.79 Å². The van der Waals surface area contributed by atoms with Gasteiger partial charge in [-0.15, -0.1) is 0 Å². The molecule has 0 bridgehead atoms. The molecule has 1 aliphatic rings. The molecule has 1 aromatic rings. The average molecular weight is 374 g/mol. The SMILES string of the molecule is CC(=N)C(C#N)C(=O)COC(=O)c1cc([N+](=O)[O-])ccc1N1CCOCC1. The number of rotatable bonds is 7. The quantitative estimate of drug-likeness (QED) is 0.325. The topological polar surface area (TPSA) is 147 Å². The van der Waals surface area contributed by atoms with Gasteiger partial charge in [0.15, 0.2) is 12.4 Å². The molecule has 27 heavy (non-hydrogen) atoms. The van der Waals surface area contributed by atoms with Crippen LogP contribution in [0, 0.1) is 32.8 Å². The summed E-state index contributed by atoms with van der Waals surface area (Å²) in [6, 6.07) is 5.52. The van der Waals surface area contributed by atoms with Crippen LogP contribution in [0.3, 0.4) is 0 Å². The zero-order valence-corrected chi connectivity index (χ0v) is 14.6. The minimum absolute atomic E-state index is 0.0426. The number of non-ortho nitro benzene ring substituents is 1. The largest absolute Gasteiger partial charge is 0.454 e. The molecule has 1 N–H and O–H groups in total. The summed E-state index contributed by atoms with van der Waals surface area (Å²) in [7, 11) is 0. The normalized spacial score (nSPS) is 14.7. The van der Waals surface area contributed by atoms with Crippen molar-refractivity contribution in [3.05, 3.63) is 33.9 Å². The third-order valence-electron chi connectivity index (χ3n) is 3.99. The van der Waals surface area contributed by atoms with Gasteiger partial charge in [0, 0.05) is 30.9 Å². The first-order chi connectivity index (χ1) is 12.8. The van der Waals surface area contributed by atoms with Crippen molar-refractivity contribution in [2.45, 2.75) is 6.92 Å². The number of nitrogens with one attached hydrogen (secondary N) is 1. The maximum Gasteiger partial charge on any atom is 0.340 e. The number of ketones is 1. The number of nitro groups is 1. The lowest BCUT2D eigenvalue weighted by molar-refractivity contribution is -0.384. The lowest BCUT2D eigenvalue weighted by Crippen LogP contribution is -2.37. The number of nitro benzene ring substituents is 1. The van der Waals surface area contributed by atoms with Crippen molar-refractivity contribution in [3.8, 4) is 6.07 Å². The molecule has 0 saturated carbocycles. The van der Waals surface area contributed by atoms with Crippen molar-refractivity contribution in [3.63, 3.8) is 0 Å². The second kappa shape index (κ2) is 8.86. The summed E-state index contributed by atoms with van der Waals surface area (Å²) in [4.78, 5) is 36.7. The fourth-order valence-corrected chi connectivity index (χ4v) is 2.59. The number of Topliss-reactive ketones (excluding diaryl/α,β-unsaturated/α-hetero) is 1. The van der Waals surface area contributed by atoms with Gasteiger partial charge >= 0.3 is 5.97 Å². The molecular weight excluding hydrogens is 356 g/mol. The Hall–Kier alpha value is -3.32. The molecule has 1 heterocycles. The third-order valence-corrected chi connectivity index (χ3v) is 3.99. The van der Waals surface area contributed by atoms with Crippen LogP contribution in [-0.2, 0) is 14.3 Å². The fourth-order valence-electron chi connectivity index (χ4n) is 2.59. The molecule has 1 fully saturated rings. The van der Waals surface area contributed by atoms with Crippen LogP contribution in [0.4, 0.5) is 11.4 Å². The molecule has 0 amide bonds. The lowest BCUT2D eigenvalue weighted by Gasteiger charge is -2.30. The van der Waals surface area contributed by atoms with Gasteiger partial charge in [0.2, 0.25) is 0 Å². The van der Waals surface area contributed by atoms with Gasteiger partial charge in [-0.1, -0.05) is 0 Å².